The topological polar surface area (TPSA) is 97.4 Å². The van der Waals surface area contributed by atoms with Crippen LogP contribution in [0.5, 0.6) is 0 Å². The van der Waals surface area contributed by atoms with Crippen LogP contribution in [0.4, 0.5) is 0 Å². The molecule has 0 spiro atoms. The third-order valence-electron chi connectivity index (χ3n) is 5.90. The van der Waals surface area contributed by atoms with Gasteiger partial charge < -0.3 is 15.4 Å². The number of esters is 1. The third-order valence-corrected chi connectivity index (χ3v) is 5.90. The summed E-state index contributed by atoms with van der Waals surface area (Å²) in [6.07, 6.45) is 4.11. The minimum atomic E-state index is -0.923. The molecule has 7 heteroatoms. The second kappa shape index (κ2) is 12.1. The first-order valence-electron chi connectivity index (χ1n) is 11.9. The molecule has 0 aliphatic heterocycles. The van der Waals surface area contributed by atoms with Crippen molar-refractivity contribution in [3.05, 3.63) is 90.3 Å². The number of ether oxygens (including phenoxy) is 1. The van der Waals surface area contributed by atoms with Crippen LogP contribution in [0.2, 0.25) is 0 Å². The number of carbonyl (C=O) groups excluding carboxylic acids is 3. The highest BCUT2D eigenvalue weighted by molar-refractivity contribution is 5.98. The van der Waals surface area contributed by atoms with Gasteiger partial charge in [-0.3, -0.25) is 19.4 Å². The Kier molecular flexibility index (Phi) is 8.95. The Labute approximate surface area is 212 Å². The summed E-state index contributed by atoms with van der Waals surface area (Å²) in [6.45, 7) is 5.49. The number of carbonyl (C=O) groups is 3. The summed E-state index contributed by atoms with van der Waals surface area (Å²) in [4.78, 5) is 42.6. The minimum Gasteiger partial charge on any atom is -0.469 e. The molecule has 0 unspecified atom stereocenters. The molecule has 2 atom stereocenters. The summed E-state index contributed by atoms with van der Waals surface area (Å²) < 4.78 is 4.83. The molecule has 2 aromatic carbocycles. The molecule has 0 bridgehead atoms. The minimum absolute atomic E-state index is 0.106. The monoisotopic (exact) mass is 487 g/mol. The summed E-state index contributed by atoms with van der Waals surface area (Å²) in [5, 5.41) is 5.84. The van der Waals surface area contributed by atoms with Crippen molar-refractivity contribution in [2.24, 2.45) is 5.92 Å². The second-order valence-electron chi connectivity index (χ2n) is 9.54. The second-order valence-corrected chi connectivity index (χ2v) is 9.54. The number of methoxy groups -OCH3 is 1. The number of hydrogen-bond donors (Lipinski definition) is 2. The van der Waals surface area contributed by atoms with E-state index in [-0.39, 0.29) is 12.3 Å². The maximum atomic E-state index is 13.3. The maximum absolute atomic E-state index is 13.3. The standard InChI is InChI=1S/C29H33N3O4/c1-20(28(35)36-4)17-25(27(34)32-29(2,3)18-21-9-8-16-30-19-21)31-26(33)24-14-12-23(13-15-24)22-10-6-5-7-11-22/h5-16,19-20,25H,17-18H2,1-4H3,(H,31,33)(H,32,34)/t20-,25-/m0/s1. The molecule has 0 saturated heterocycles. The lowest BCUT2D eigenvalue weighted by Gasteiger charge is -2.30. The average Bonchev–Trinajstić information content (AvgIpc) is 2.88. The highest BCUT2D eigenvalue weighted by Gasteiger charge is 2.30. The molecular formula is C29H33N3O4. The molecule has 7 nitrogen and oxygen atoms in total. The van der Waals surface area contributed by atoms with Crippen molar-refractivity contribution < 1.29 is 19.1 Å². The van der Waals surface area contributed by atoms with Crippen LogP contribution in [0, 0.1) is 5.92 Å². The lowest BCUT2D eigenvalue weighted by molar-refractivity contribution is -0.145. The van der Waals surface area contributed by atoms with Crippen LogP contribution < -0.4 is 10.6 Å². The molecule has 2 amide bonds. The van der Waals surface area contributed by atoms with E-state index in [4.69, 9.17) is 4.74 Å². The van der Waals surface area contributed by atoms with Crippen molar-refractivity contribution in [3.63, 3.8) is 0 Å². The van der Waals surface area contributed by atoms with Crippen LogP contribution in [0.15, 0.2) is 79.1 Å². The van der Waals surface area contributed by atoms with Crippen LogP contribution in [0.3, 0.4) is 0 Å². The van der Waals surface area contributed by atoms with Gasteiger partial charge >= 0.3 is 5.97 Å². The Morgan fingerprint density at radius 1 is 0.944 bits per heavy atom. The van der Waals surface area contributed by atoms with E-state index in [9.17, 15) is 14.4 Å². The summed E-state index contributed by atoms with van der Waals surface area (Å²) in [6, 6.07) is 19.9. The number of nitrogens with zero attached hydrogens (tertiary/aromatic N) is 1. The van der Waals surface area contributed by atoms with E-state index >= 15 is 0 Å². The Morgan fingerprint density at radius 2 is 1.61 bits per heavy atom. The SMILES string of the molecule is COC(=O)[C@@H](C)C[C@H](NC(=O)c1ccc(-c2ccccc2)cc1)C(=O)NC(C)(C)Cc1cccnc1. The van der Waals surface area contributed by atoms with Gasteiger partial charge in [-0.1, -0.05) is 55.5 Å². The summed E-state index contributed by atoms with van der Waals surface area (Å²) in [7, 11) is 1.30. The van der Waals surface area contributed by atoms with Gasteiger partial charge in [0.1, 0.15) is 6.04 Å². The van der Waals surface area contributed by atoms with Gasteiger partial charge in [0, 0.05) is 23.5 Å². The van der Waals surface area contributed by atoms with Crippen molar-refractivity contribution in [3.8, 4) is 11.1 Å². The fourth-order valence-electron chi connectivity index (χ4n) is 4.05. The molecule has 2 N–H and O–H groups in total. The van der Waals surface area contributed by atoms with Gasteiger partial charge in [0.15, 0.2) is 0 Å². The van der Waals surface area contributed by atoms with Crippen LogP contribution in [-0.4, -0.2) is 41.5 Å². The third kappa shape index (κ3) is 7.50. The molecule has 3 aromatic rings. The van der Waals surface area contributed by atoms with Crippen molar-refractivity contribution in [2.75, 3.05) is 7.11 Å². The zero-order chi connectivity index (χ0) is 26.1. The fraction of sp³-hybridized carbons (Fsp3) is 0.310. The van der Waals surface area contributed by atoms with Crippen molar-refractivity contribution >= 4 is 17.8 Å². The molecule has 1 aromatic heterocycles. The molecule has 1 heterocycles. The highest BCUT2D eigenvalue weighted by atomic mass is 16.5. The lowest BCUT2D eigenvalue weighted by atomic mass is 9.94. The molecule has 3 rings (SSSR count). The van der Waals surface area contributed by atoms with Gasteiger partial charge in [0.25, 0.3) is 5.91 Å². The Bertz CT molecular complexity index is 1160. The molecule has 0 radical (unpaired) electrons. The Morgan fingerprint density at radius 3 is 2.22 bits per heavy atom. The molecule has 188 valence electrons. The first-order valence-corrected chi connectivity index (χ1v) is 11.9. The van der Waals surface area contributed by atoms with Crippen LogP contribution in [0.25, 0.3) is 11.1 Å². The van der Waals surface area contributed by atoms with Crippen molar-refractivity contribution in [1.29, 1.82) is 0 Å². The van der Waals surface area contributed by atoms with E-state index < -0.39 is 29.4 Å². The predicted molar refractivity (Wildman–Crippen MR) is 139 cm³/mol. The number of pyridine rings is 1. The molecule has 0 saturated carbocycles. The average molecular weight is 488 g/mol. The van der Waals surface area contributed by atoms with Gasteiger partial charge in [0.05, 0.1) is 13.0 Å². The normalized spacial score (nSPS) is 12.8. The molecule has 0 fully saturated rings. The summed E-state index contributed by atoms with van der Waals surface area (Å²) in [5.41, 5.74) is 2.83. The number of nitrogens with one attached hydrogen (secondary N) is 2. The van der Waals surface area contributed by atoms with Crippen molar-refractivity contribution in [2.45, 2.75) is 45.2 Å². The van der Waals surface area contributed by atoms with E-state index in [1.54, 1.807) is 31.5 Å². The largest absolute Gasteiger partial charge is 0.469 e. The van der Waals surface area contributed by atoms with E-state index in [2.05, 4.69) is 15.6 Å². The van der Waals surface area contributed by atoms with E-state index in [0.29, 0.717) is 12.0 Å². The molecular weight excluding hydrogens is 454 g/mol. The molecule has 0 aliphatic rings. The first kappa shape index (κ1) is 26.6. The molecule has 36 heavy (non-hydrogen) atoms. The Balaban J connectivity index is 1.74. The van der Waals surface area contributed by atoms with Gasteiger partial charge in [-0.25, -0.2) is 0 Å². The van der Waals surface area contributed by atoms with Crippen molar-refractivity contribution in [1.82, 2.24) is 15.6 Å². The van der Waals surface area contributed by atoms with Gasteiger partial charge in [-0.05, 0) is 61.6 Å². The van der Waals surface area contributed by atoms with Crippen LogP contribution in [-0.2, 0) is 20.7 Å². The fourth-order valence-corrected chi connectivity index (χ4v) is 4.05. The predicted octanol–water partition coefficient (Wildman–Crippen LogP) is 4.18. The van der Waals surface area contributed by atoms with Gasteiger partial charge in [0.2, 0.25) is 5.91 Å². The van der Waals surface area contributed by atoms with Gasteiger partial charge in [-0.2, -0.15) is 0 Å². The van der Waals surface area contributed by atoms with Gasteiger partial charge in [-0.15, -0.1) is 0 Å². The Hall–Kier alpha value is -4.00. The quantitative estimate of drug-likeness (QED) is 0.418. The zero-order valence-corrected chi connectivity index (χ0v) is 21.2. The summed E-state index contributed by atoms with van der Waals surface area (Å²) in [5.74, 6) is -1.78. The van der Waals surface area contributed by atoms with E-state index in [1.807, 2.05) is 68.4 Å². The number of rotatable bonds is 10. The van der Waals surface area contributed by atoms with Crippen LogP contribution >= 0.6 is 0 Å². The molecule has 0 aliphatic carbocycles. The number of amides is 2. The highest BCUT2D eigenvalue weighted by Crippen LogP contribution is 2.20. The number of aromatic nitrogens is 1. The van der Waals surface area contributed by atoms with Crippen LogP contribution in [0.1, 0.15) is 43.1 Å². The smallest absolute Gasteiger partial charge is 0.308 e. The number of benzene rings is 2. The lowest BCUT2D eigenvalue weighted by Crippen LogP contribution is -2.54. The zero-order valence-electron chi connectivity index (χ0n) is 21.2. The van der Waals surface area contributed by atoms with E-state index in [1.165, 1.54) is 7.11 Å². The maximum Gasteiger partial charge on any atom is 0.308 e. The first-order chi connectivity index (χ1) is 17.2. The van der Waals surface area contributed by atoms with E-state index in [0.717, 1.165) is 16.7 Å². The number of hydrogen-bond acceptors (Lipinski definition) is 5. The summed E-state index contributed by atoms with van der Waals surface area (Å²) >= 11 is 0.